The van der Waals surface area contributed by atoms with Crippen LogP contribution in [0.1, 0.15) is 32.1 Å². The summed E-state index contributed by atoms with van der Waals surface area (Å²) in [5.41, 5.74) is 3.01. The number of nitrogens with one attached hydrogen (secondary N) is 4. The number of hydrogen-bond acceptors (Lipinski definition) is 7. The third-order valence-corrected chi connectivity index (χ3v) is 8.09. The molecule has 5 rings (SSSR count). The molecule has 38 heavy (non-hydrogen) atoms. The van der Waals surface area contributed by atoms with Crippen LogP contribution in [0.3, 0.4) is 0 Å². The van der Waals surface area contributed by atoms with Crippen LogP contribution in [0.2, 0.25) is 0 Å². The number of amides is 2. The number of rotatable bonds is 7. The molecule has 1 aromatic carbocycles. The average molecular weight is 535 g/mol. The first kappa shape index (κ1) is 25.2. The van der Waals surface area contributed by atoms with E-state index in [9.17, 15) is 18.0 Å². The molecule has 2 amide bonds. The summed E-state index contributed by atoms with van der Waals surface area (Å²) in [7, 11) is -0.0651. The molecule has 0 fully saturated rings. The lowest BCUT2D eigenvalue weighted by molar-refractivity contribution is 0.102. The quantitative estimate of drug-likeness (QED) is 0.284. The van der Waals surface area contributed by atoms with Crippen molar-refractivity contribution in [1.82, 2.24) is 24.5 Å². The molecule has 196 valence electrons. The minimum atomic E-state index is -3.77. The molecule has 4 N–H and O–H groups in total. The van der Waals surface area contributed by atoms with E-state index < -0.39 is 21.8 Å². The van der Waals surface area contributed by atoms with Gasteiger partial charge < -0.3 is 20.5 Å². The fourth-order valence-electron chi connectivity index (χ4n) is 4.18. The summed E-state index contributed by atoms with van der Waals surface area (Å²) in [5, 5.41) is 12.7. The number of hydrogen-bond donors (Lipinski definition) is 4. The van der Waals surface area contributed by atoms with Crippen molar-refractivity contribution < 1.29 is 18.0 Å². The second-order valence-corrected chi connectivity index (χ2v) is 10.9. The van der Waals surface area contributed by atoms with Crippen LogP contribution in [0.4, 0.5) is 17.2 Å². The molecule has 0 saturated carbocycles. The molecule has 0 unspecified atom stereocenters. The number of carbonyl (C=O) groups is 2. The van der Waals surface area contributed by atoms with Gasteiger partial charge in [-0.1, -0.05) is 0 Å². The first-order valence-corrected chi connectivity index (χ1v) is 13.2. The van der Waals surface area contributed by atoms with Crippen molar-refractivity contribution in [3.05, 3.63) is 83.6 Å². The van der Waals surface area contributed by atoms with Gasteiger partial charge >= 0.3 is 0 Å². The number of fused-ring (bicyclic) bond motifs is 1. The average Bonchev–Trinajstić information content (AvgIpc) is 3.59. The third kappa shape index (κ3) is 4.88. The van der Waals surface area contributed by atoms with E-state index in [2.05, 4.69) is 30.8 Å². The van der Waals surface area contributed by atoms with Gasteiger partial charge in [-0.25, -0.2) is 8.42 Å². The zero-order valence-electron chi connectivity index (χ0n) is 20.7. The number of H-pyrrole nitrogens is 2. The fourth-order valence-corrected chi connectivity index (χ4v) is 5.55. The van der Waals surface area contributed by atoms with Gasteiger partial charge in [0.2, 0.25) is 10.0 Å². The minimum absolute atomic E-state index is 0.0364. The molecule has 12 nitrogen and oxygen atoms in total. The molecule has 0 aliphatic carbocycles. The van der Waals surface area contributed by atoms with E-state index in [4.69, 9.17) is 0 Å². The smallest absolute Gasteiger partial charge is 0.272 e. The first-order chi connectivity index (χ1) is 18.2. The molecule has 1 aliphatic rings. The third-order valence-electron chi connectivity index (χ3n) is 6.26. The molecule has 4 heterocycles. The maximum atomic E-state index is 13.4. The van der Waals surface area contributed by atoms with Crippen molar-refractivity contribution >= 4 is 39.0 Å². The molecule has 3 aromatic heterocycles. The van der Waals surface area contributed by atoms with Gasteiger partial charge in [0, 0.05) is 69.1 Å². The predicted octanol–water partition coefficient (Wildman–Crippen LogP) is 2.45. The van der Waals surface area contributed by atoms with Gasteiger partial charge in [0.25, 0.3) is 11.8 Å². The van der Waals surface area contributed by atoms with Crippen LogP contribution in [0.25, 0.3) is 0 Å². The lowest BCUT2D eigenvalue weighted by Gasteiger charge is -2.26. The Labute approximate surface area is 219 Å². The molecule has 0 atom stereocenters. The molecule has 0 saturated heterocycles. The first-order valence-electron chi connectivity index (χ1n) is 11.8. The highest BCUT2D eigenvalue weighted by atomic mass is 32.2. The van der Waals surface area contributed by atoms with E-state index in [-0.39, 0.29) is 29.4 Å². The largest absolute Gasteiger partial charge is 0.378 e. The van der Waals surface area contributed by atoms with Crippen LogP contribution >= 0.6 is 0 Å². The Morgan fingerprint density at radius 2 is 1.92 bits per heavy atom. The summed E-state index contributed by atoms with van der Waals surface area (Å²) in [6.45, 7) is 0.301. The Bertz CT molecular complexity index is 1580. The summed E-state index contributed by atoms with van der Waals surface area (Å²) in [4.78, 5) is 34.8. The van der Waals surface area contributed by atoms with E-state index in [0.29, 0.717) is 23.4 Å². The van der Waals surface area contributed by atoms with E-state index in [1.807, 2.05) is 19.0 Å². The number of pyridine rings is 1. The Morgan fingerprint density at radius 3 is 2.63 bits per heavy atom. The number of aromatic amines is 2. The monoisotopic (exact) mass is 534 g/mol. The van der Waals surface area contributed by atoms with E-state index in [1.165, 1.54) is 22.8 Å². The van der Waals surface area contributed by atoms with Gasteiger partial charge in [0.05, 0.1) is 11.3 Å². The van der Waals surface area contributed by atoms with Crippen LogP contribution in [-0.2, 0) is 23.0 Å². The highest BCUT2D eigenvalue weighted by Gasteiger charge is 2.32. The maximum absolute atomic E-state index is 13.4. The molecule has 4 aromatic rings. The van der Waals surface area contributed by atoms with Crippen LogP contribution in [0.5, 0.6) is 0 Å². The van der Waals surface area contributed by atoms with E-state index in [1.54, 1.807) is 42.6 Å². The summed E-state index contributed by atoms with van der Waals surface area (Å²) in [6, 6.07) is 11.5. The zero-order chi connectivity index (χ0) is 26.9. The maximum Gasteiger partial charge on any atom is 0.272 e. The Morgan fingerprint density at radius 1 is 1.08 bits per heavy atom. The highest BCUT2D eigenvalue weighted by molar-refractivity contribution is 7.89. The number of sulfonamides is 1. The van der Waals surface area contributed by atoms with Crippen LogP contribution < -0.4 is 15.5 Å². The van der Waals surface area contributed by atoms with E-state index >= 15 is 0 Å². The summed E-state index contributed by atoms with van der Waals surface area (Å²) < 4.78 is 27.6. The van der Waals surface area contributed by atoms with Crippen molar-refractivity contribution in [2.45, 2.75) is 17.9 Å². The molecular formula is C25H26N8O4S. The molecule has 0 bridgehead atoms. The van der Waals surface area contributed by atoms with E-state index in [0.717, 1.165) is 11.4 Å². The molecule has 13 heteroatoms. The topological polar surface area (TPSA) is 156 Å². The molecule has 1 aliphatic heterocycles. The van der Waals surface area contributed by atoms with Crippen LogP contribution in [-0.4, -0.2) is 65.3 Å². The zero-order valence-corrected chi connectivity index (χ0v) is 21.5. The van der Waals surface area contributed by atoms with Crippen LogP contribution in [0.15, 0.2) is 66.0 Å². The molecule has 0 spiro atoms. The van der Waals surface area contributed by atoms with Crippen molar-refractivity contribution in [2.24, 2.45) is 0 Å². The van der Waals surface area contributed by atoms with Gasteiger partial charge in [0.15, 0.2) is 5.82 Å². The lowest BCUT2D eigenvalue weighted by atomic mass is 10.1. The Balaban J connectivity index is 1.40. The molecule has 0 radical (unpaired) electrons. The molecular weight excluding hydrogens is 508 g/mol. The summed E-state index contributed by atoms with van der Waals surface area (Å²) in [5.74, 6) is -0.665. The van der Waals surface area contributed by atoms with Crippen LogP contribution in [0, 0.1) is 0 Å². The van der Waals surface area contributed by atoms with Crippen molar-refractivity contribution in [1.29, 1.82) is 0 Å². The number of anilines is 3. The summed E-state index contributed by atoms with van der Waals surface area (Å²) >= 11 is 0. The van der Waals surface area contributed by atoms with Gasteiger partial charge in [-0.2, -0.15) is 9.40 Å². The normalized spacial score (nSPS) is 13.5. The number of nitrogens with zero attached hydrogens (tertiary/aromatic N) is 4. The van der Waals surface area contributed by atoms with Gasteiger partial charge in [-0.3, -0.25) is 19.7 Å². The fraction of sp³-hybridized carbons (Fsp3) is 0.200. The SMILES string of the molecule is CN(C)c1ccc(C(=O)Nc2n[nH]c3c2CN(S(=O)(=O)c2cccnc2)CC3)c(NC(=O)c2ccc[nH]2)c1. The minimum Gasteiger partial charge on any atom is -0.378 e. The highest BCUT2D eigenvalue weighted by Crippen LogP contribution is 2.29. The van der Waals surface area contributed by atoms with Gasteiger partial charge in [0.1, 0.15) is 10.6 Å². The predicted molar refractivity (Wildman–Crippen MR) is 142 cm³/mol. The summed E-state index contributed by atoms with van der Waals surface area (Å²) in [6.07, 6.45) is 4.87. The second-order valence-electron chi connectivity index (χ2n) is 8.92. The number of carbonyl (C=O) groups excluding carboxylic acids is 2. The number of benzene rings is 1. The lowest BCUT2D eigenvalue weighted by Crippen LogP contribution is -2.36. The van der Waals surface area contributed by atoms with Crippen molar-refractivity contribution in [3.63, 3.8) is 0 Å². The van der Waals surface area contributed by atoms with Crippen molar-refractivity contribution in [2.75, 3.05) is 36.2 Å². The Kier molecular flexibility index (Phi) is 6.70. The van der Waals surface area contributed by atoms with Crippen molar-refractivity contribution in [3.8, 4) is 0 Å². The van der Waals surface area contributed by atoms with Gasteiger partial charge in [-0.05, 0) is 42.5 Å². The number of aromatic nitrogens is 4. The second kappa shape index (κ2) is 10.1. The van der Waals surface area contributed by atoms with Gasteiger partial charge in [-0.15, -0.1) is 0 Å². The Hall–Kier alpha value is -4.49. The standard InChI is InChI=1S/C25H26N8O4S/c1-32(2)16-7-8-18(22(13-16)28-25(35)21-6-4-11-27-21)24(34)29-23-19-15-33(12-9-20(19)30-31-23)38(36,37)17-5-3-10-26-14-17/h3-8,10-11,13-14,27H,9,12,15H2,1-2H3,(H,28,35)(H2,29,30,31,34).